The Morgan fingerprint density at radius 3 is 2.67 bits per heavy atom. The molecule has 0 aromatic heterocycles. The lowest BCUT2D eigenvalue weighted by Crippen LogP contribution is -2.54. The molecule has 7 heteroatoms. The molecule has 4 amide bonds. The van der Waals surface area contributed by atoms with Gasteiger partial charge in [0.2, 0.25) is 5.91 Å². The molecule has 1 saturated heterocycles. The van der Waals surface area contributed by atoms with Crippen molar-refractivity contribution in [2.75, 3.05) is 19.0 Å². The summed E-state index contributed by atoms with van der Waals surface area (Å²) in [4.78, 5) is 39.0. The summed E-state index contributed by atoms with van der Waals surface area (Å²) in [5.41, 5.74) is -0.446. The highest BCUT2D eigenvalue weighted by Crippen LogP contribution is 2.46. The second-order valence-corrected chi connectivity index (χ2v) is 8.51. The van der Waals surface area contributed by atoms with Crippen LogP contribution in [0.1, 0.15) is 40.0 Å². The van der Waals surface area contributed by atoms with Crippen molar-refractivity contribution in [3.05, 3.63) is 24.3 Å². The summed E-state index contributed by atoms with van der Waals surface area (Å²) < 4.78 is 5.21. The lowest BCUT2D eigenvalue weighted by atomic mass is 9.64. The number of amides is 4. The van der Waals surface area contributed by atoms with Crippen LogP contribution in [-0.2, 0) is 9.59 Å². The van der Waals surface area contributed by atoms with Crippen molar-refractivity contribution in [1.29, 1.82) is 0 Å². The number of hydrogen-bond acceptors (Lipinski definition) is 4. The second kappa shape index (κ2) is 6.87. The number of benzene rings is 1. The Balaban J connectivity index is 1.73. The van der Waals surface area contributed by atoms with Crippen LogP contribution in [0.15, 0.2) is 24.3 Å². The number of nitrogens with one attached hydrogen (secondary N) is 2. The number of nitrogens with zero attached hydrogens (tertiary/aromatic N) is 1. The van der Waals surface area contributed by atoms with Crippen LogP contribution in [0.3, 0.4) is 0 Å². The van der Waals surface area contributed by atoms with Crippen LogP contribution in [0, 0.1) is 11.3 Å². The molecule has 2 aliphatic rings. The Bertz CT molecular complexity index is 776. The van der Waals surface area contributed by atoms with Gasteiger partial charge in [-0.1, -0.05) is 32.9 Å². The highest BCUT2D eigenvalue weighted by molar-refractivity contribution is 6.10. The Morgan fingerprint density at radius 1 is 1.30 bits per heavy atom. The molecule has 1 aromatic carbocycles. The molecule has 1 aliphatic heterocycles. The van der Waals surface area contributed by atoms with Crippen LogP contribution in [-0.4, -0.2) is 41.9 Å². The number of anilines is 1. The zero-order valence-corrected chi connectivity index (χ0v) is 16.3. The number of carbonyl (C=O) groups excluding carboxylic acids is 3. The van der Waals surface area contributed by atoms with Gasteiger partial charge in [0.15, 0.2) is 0 Å². The van der Waals surface area contributed by atoms with Crippen LogP contribution < -0.4 is 15.4 Å². The van der Waals surface area contributed by atoms with Gasteiger partial charge in [-0.25, -0.2) is 4.79 Å². The first kappa shape index (κ1) is 19.2. The number of ether oxygens (including phenoxy) is 1. The molecule has 1 heterocycles. The Labute approximate surface area is 159 Å². The van der Waals surface area contributed by atoms with E-state index in [-0.39, 0.29) is 17.9 Å². The zero-order chi connectivity index (χ0) is 19.8. The summed E-state index contributed by atoms with van der Waals surface area (Å²) in [6.07, 6.45) is 2.19. The maximum absolute atomic E-state index is 13.1. The van der Waals surface area contributed by atoms with Gasteiger partial charge in [0, 0.05) is 0 Å². The molecule has 146 valence electrons. The predicted octanol–water partition coefficient (Wildman–Crippen LogP) is 2.77. The van der Waals surface area contributed by atoms with Gasteiger partial charge in [-0.2, -0.15) is 0 Å². The van der Waals surface area contributed by atoms with Crippen molar-refractivity contribution >= 4 is 23.5 Å². The summed E-state index contributed by atoms with van der Waals surface area (Å²) >= 11 is 0. The Morgan fingerprint density at radius 2 is 2.00 bits per heavy atom. The van der Waals surface area contributed by atoms with E-state index >= 15 is 0 Å². The average Bonchev–Trinajstić information content (AvgIpc) is 2.77. The third kappa shape index (κ3) is 3.77. The normalized spacial score (nSPS) is 26.8. The summed E-state index contributed by atoms with van der Waals surface area (Å²) in [6, 6.07) is 6.49. The van der Waals surface area contributed by atoms with E-state index in [1.807, 2.05) is 0 Å². The topological polar surface area (TPSA) is 87.7 Å². The Kier molecular flexibility index (Phi) is 4.88. The predicted molar refractivity (Wildman–Crippen MR) is 101 cm³/mol. The van der Waals surface area contributed by atoms with Crippen LogP contribution >= 0.6 is 0 Å². The molecule has 1 aromatic rings. The molecule has 3 rings (SSSR count). The van der Waals surface area contributed by atoms with Gasteiger partial charge in [0.1, 0.15) is 17.8 Å². The van der Waals surface area contributed by atoms with Crippen molar-refractivity contribution < 1.29 is 19.1 Å². The monoisotopic (exact) mass is 373 g/mol. The minimum atomic E-state index is -0.900. The fourth-order valence-electron chi connectivity index (χ4n) is 4.73. The molecule has 0 radical (unpaired) electrons. The average molecular weight is 373 g/mol. The lowest BCUT2D eigenvalue weighted by molar-refractivity contribution is -0.136. The van der Waals surface area contributed by atoms with E-state index in [1.54, 1.807) is 24.3 Å². The van der Waals surface area contributed by atoms with Gasteiger partial charge in [0.05, 0.1) is 12.8 Å². The number of rotatable bonds is 4. The van der Waals surface area contributed by atoms with Crippen molar-refractivity contribution in [2.45, 2.75) is 45.6 Å². The Hall–Kier alpha value is -2.57. The zero-order valence-electron chi connectivity index (χ0n) is 16.3. The molecule has 0 bridgehead atoms. The molecule has 2 N–H and O–H groups in total. The van der Waals surface area contributed by atoms with E-state index in [0.717, 1.165) is 11.3 Å². The standard InChI is InChI=1S/C20H27N3O4/c1-13-9-19(2,3)12-20(10-13)17(25)23(18(26)22-20)11-16(24)21-14-7-5-6-8-15(14)27-4/h5-8,13H,9-12H2,1-4H3,(H,21,24)(H,22,26)/t13-,20+/m0/s1. The van der Waals surface area contributed by atoms with Gasteiger partial charge in [-0.3, -0.25) is 14.5 Å². The number of imide groups is 1. The summed E-state index contributed by atoms with van der Waals surface area (Å²) in [5.74, 6) is 0.0909. The molecule has 1 aliphatic carbocycles. The summed E-state index contributed by atoms with van der Waals surface area (Å²) in [7, 11) is 1.51. The van der Waals surface area contributed by atoms with Gasteiger partial charge < -0.3 is 15.4 Å². The molecule has 0 unspecified atom stereocenters. The fourth-order valence-corrected chi connectivity index (χ4v) is 4.73. The van der Waals surface area contributed by atoms with Crippen molar-refractivity contribution in [3.63, 3.8) is 0 Å². The number of hydrogen-bond donors (Lipinski definition) is 2. The van der Waals surface area contributed by atoms with Crippen molar-refractivity contribution in [3.8, 4) is 5.75 Å². The second-order valence-electron chi connectivity index (χ2n) is 8.51. The van der Waals surface area contributed by atoms with Crippen LogP contribution in [0.5, 0.6) is 5.75 Å². The molecule has 2 fully saturated rings. The third-order valence-corrected chi connectivity index (χ3v) is 5.31. The summed E-state index contributed by atoms with van der Waals surface area (Å²) in [6.45, 7) is 6.00. The maximum atomic E-state index is 13.1. The quantitative estimate of drug-likeness (QED) is 0.795. The van der Waals surface area contributed by atoms with Gasteiger partial charge in [0.25, 0.3) is 5.91 Å². The summed E-state index contributed by atoms with van der Waals surface area (Å²) in [5, 5.41) is 5.59. The smallest absolute Gasteiger partial charge is 0.325 e. The molecular weight excluding hydrogens is 346 g/mol. The minimum Gasteiger partial charge on any atom is -0.495 e. The number of para-hydroxylation sites is 2. The van der Waals surface area contributed by atoms with E-state index < -0.39 is 17.5 Å². The van der Waals surface area contributed by atoms with Crippen LogP contribution in [0.2, 0.25) is 0 Å². The van der Waals surface area contributed by atoms with E-state index in [1.165, 1.54) is 7.11 Å². The number of carbonyl (C=O) groups is 3. The molecule has 7 nitrogen and oxygen atoms in total. The molecule has 1 saturated carbocycles. The van der Waals surface area contributed by atoms with E-state index in [2.05, 4.69) is 31.4 Å². The molecule has 27 heavy (non-hydrogen) atoms. The number of methoxy groups -OCH3 is 1. The third-order valence-electron chi connectivity index (χ3n) is 5.31. The number of urea groups is 1. The fraction of sp³-hybridized carbons (Fsp3) is 0.550. The van der Waals surface area contributed by atoms with Crippen LogP contribution in [0.4, 0.5) is 10.5 Å². The maximum Gasteiger partial charge on any atom is 0.325 e. The van der Waals surface area contributed by atoms with Crippen LogP contribution in [0.25, 0.3) is 0 Å². The van der Waals surface area contributed by atoms with E-state index in [0.29, 0.717) is 30.2 Å². The molecule has 2 atom stereocenters. The highest BCUT2D eigenvalue weighted by Gasteiger charge is 2.56. The SMILES string of the molecule is COc1ccccc1NC(=O)CN1C(=O)N[C@@]2(C[C@@H](C)CC(C)(C)C2)C1=O. The molecule has 1 spiro atoms. The van der Waals surface area contributed by atoms with E-state index in [4.69, 9.17) is 4.74 Å². The first-order valence-electron chi connectivity index (χ1n) is 9.23. The first-order chi connectivity index (χ1) is 12.7. The largest absolute Gasteiger partial charge is 0.495 e. The lowest BCUT2D eigenvalue weighted by Gasteiger charge is -2.43. The van der Waals surface area contributed by atoms with E-state index in [9.17, 15) is 14.4 Å². The van der Waals surface area contributed by atoms with Gasteiger partial charge in [-0.15, -0.1) is 0 Å². The molecular formula is C20H27N3O4. The minimum absolute atomic E-state index is 0.0454. The van der Waals surface area contributed by atoms with Crippen molar-refractivity contribution in [2.24, 2.45) is 11.3 Å². The first-order valence-corrected chi connectivity index (χ1v) is 9.23. The van der Waals surface area contributed by atoms with Crippen molar-refractivity contribution in [1.82, 2.24) is 10.2 Å². The van der Waals surface area contributed by atoms with Gasteiger partial charge in [-0.05, 0) is 42.7 Å². The highest BCUT2D eigenvalue weighted by atomic mass is 16.5. The van der Waals surface area contributed by atoms with Gasteiger partial charge >= 0.3 is 6.03 Å².